The minimum absolute atomic E-state index is 0.252. The van der Waals surface area contributed by atoms with Gasteiger partial charge in [0.2, 0.25) is 0 Å². The Morgan fingerprint density at radius 3 is 1.94 bits per heavy atom. The Kier molecular flexibility index (Phi) is 7.15. The van der Waals surface area contributed by atoms with Gasteiger partial charge >= 0.3 is 0 Å². The van der Waals surface area contributed by atoms with Crippen molar-refractivity contribution in [3.8, 4) is 73.4 Å². The Balaban J connectivity index is 1.27. The third-order valence-corrected chi connectivity index (χ3v) is 10.2. The Morgan fingerprint density at radius 2 is 1.18 bits per heavy atom. The van der Waals surface area contributed by atoms with E-state index in [9.17, 15) is 5.26 Å². The number of nitriles is 1. The van der Waals surface area contributed by atoms with Crippen LogP contribution in [0.2, 0.25) is 0 Å². The number of benzene rings is 6. The van der Waals surface area contributed by atoms with Gasteiger partial charge in [0.15, 0.2) is 5.82 Å². The van der Waals surface area contributed by atoms with Crippen molar-refractivity contribution in [3.05, 3.63) is 175 Å². The Morgan fingerprint density at radius 1 is 0.510 bits per heavy atom. The second-order valence-electron chi connectivity index (χ2n) is 13.7. The van der Waals surface area contributed by atoms with Crippen LogP contribution in [0.4, 0.5) is 0 Å². The van der Waals surface area contributed by atoms with E-state index in [2.05, 4.69) is 122 Å². The van der Waals surface area contributed by atoms with E-state index in [-0.39, 0.29) is 5.41 Å². The van der Waals surface area contributed by atoms with Gasteiger partial charge in [-0.25, -0.2) is 9.97 Å². The summed E-state index contributed by atoms with van der Waals surface area (Å²) in [7, 11) is 0. The molecule has 0 fully saturated rings. The molecule has 9 rings (SSSR count). The Hall–Kier alpha value is -6.70. The highest BCUT2D eigenvalue weighted by Gasteiger charge is 2.36. The van der Waals surface area contributed by atoms with Crippen molar-refractivity contribution in [1.29, 1.82) is 5.26 Å². The second kappa shape index (κ2) is 12.0. The van der Waals surface area contributed by atoms with Crippen molar-refractivity contribution in [2.75, 3.05) is 0 Å². The molecule has 6 aromatic carbocycles. The summed E-state index contributed by atoms with van der Waals surface area (Å²) < 4.78 is 0. The molecule has 0 saturated heterocycles. The third kappa shape index (κ3) is 5.28. The molecule has 1 aliphatic carbocycles. The minimum atomic E-state index is -0.252. The van der Waals surface area contributed by atoms with Gasteiger partial charge in [-0.15, -0.1) is 0 Å². The van der Waals surface area contributed by atoms with Crippen molar-refractivity contribution >= 4 is 10.8 Å². The first kappa shape index (κ1) is 30.4. The van der Waals surface area contributed by atoms with Gasteiger partial charge in [-0.3, -0.25) is 4.98 Å². The van der Waals surface area contributed by atoms with Crippen molar-refractivity contribution in [2.45, 2.75) is 19.3 Å². The maximum absolute atomic E-state index is 9.66. The van der Waals surface area contributed by atoms with Crippen molar-refractivity contribution in [3.63, 3.8) is 0 Å². The van der Waals surface area contributed by atoms with E-state index in [1.165, 1.54) is 22.3 Å². The van der Waals surface area contributed by atoms with E-state index in [1.807, 2.05) is 60.9 Å². The fourth-order valence-electron chi connectivity index (χ4n) is 7.53. The number of fused-ring (bicyclic) bond motifs is 4. The van der Waals surface area contributed by atoms with Crippen LogP contribution in [0.5, 0.6) is 0 Å². The monoisotopic (exact) mass is 652 g/mol. The Bertz CT molecular complexity index is 2610. The molecule has 2 heterocycles. The van der Waals surface area contributed by atoms with Crippen LogP contribution in [0.3, 0.4) is 0 Å². The topological polar surface area (TPSA) is 62.5 Å². The standard InChI is InChI=1S/C47H32N4/c1-47(2)42-22-30(28-48)16-18-40(42)41-19-17-33(26-43(41)47)35-23-36(38-15-9-14-34-29-49-21-20-39(34)38)25-37(24-35)45-27-44(31-10-5-3-6-11-31)50-46(51-45)32-12-7-4-8-13-32/h3-27,29H,1-2H3. The molecule has 8 aromatic rings. The van der Waals surface area contributed by atoms with Gasteiger partial charge in [-0.05, 0) is 98.4 Å². The lowest BCUT2D eigenvalue weighted by atomic mass is 9.81. The maximum Gasteiger partial charge on any atom is 0.160 e. The highest BCUT2D eigenvalue weighted by Crippen LogP contribution is 2.50. The molecule has 0 amide bonds. The molecule has 51 heavy (non-hydrogen) atoms. The van der Waals surface area contributed by atoms with Crippen LogP contribution in [-0.2, 0) is 5.41 Å². The lowest BCUT2D eigenvalue weighted by molar-refractivity contribution is 0.660. The van der Waals surface area contributed by atoms with Gasteiger partial charge in [-0.1, -0.05) is 111 Å². The summed E-state index contributed by atoms with van der Waals surface area (Å²) in [6.07, 6.45) is 3.78. The highest BCUT2D eigenvalue weighted by atomic mass is 14.9. The minimum Gasteiger partial charge on any atom is -0.264 e. The zero-order valence-electron chi connectivity index (χ0n) is 28.3. The first-order valence-electron chi connectivity index (χ1n) is 17.1. The molecular weight excluding hydrogens is 621 g/mol. The van der Waals surface area contributed by atoms with Crippen LogP contribution in [0.15, 0.2) is 158 Å². The van der Waals surface area contributed by atoms with Gasteiger partial charge in [0.25, 0.3) is 0 Å². The van der Waals surface area contributed by atoms with E-state index >= 15 is 0 Å². The molecular formula is C47H32N4. The summed E-state index contributed by atoms with van der Waals surface area (Å²) >= 11 is 0. The van der Waals surface area contributed by atoms with Gasteiger partial charge in [-0.2, -0.15) is 5.26 Å². The zero-order chi connectivity index (χ0) is 34.5. The predicted octanol–water partition coefficient (Wildman–Crippen LogP) is 11.5. The largest absolute Gasteiger partial charge is 0.264 e. The molecule has 240 valence electrons. The number of hydrogen-bond donors (Lipinski definition) is 0. The van der Waals surface area contributed by atoms with E-state index in [0.29, 0.717) is 11.4 Å². The van der Waals surface area contributed by atoms with E-state index in [0.717, 1.165) is 61.1 Å². The van der Waals surface area contributed by atoms with Crippen molar-refractivity contribution in [2.24, 2.45) is 0 Å². The van der Waals surface area contributed by atoms with Crippen LogP contribution in [0, 0.1) is 11.3 Å². The van der Waals surface area contributed by atoms with Crippen molar-refractivity contribution < 1.29 is 0 Å². The van der Waals surface area contributed by atoms with E-state index < -0.39 is 0 Å². The number of nitrogens with zero attached hydrogens (tertiary/aromatic N) is 4. The lowest BCUT2D eigenvalue weighted by Crippen LogP contribution is -2.15. The zero-order valence-corrected chi connectivity index (χ0v) is 28.3. The summed E-state index contributed by atoms with van der Waals surface area (Å²) in [5.74, 6) is 0.684. The van der Waals surface area contributed by atoms with Gasteiger partial charge < -0.3 is 0 Å². The summed E-state index contributed by atoms with van der Waals surface area (Å²) in [4.78, 5) is 14.7. The molecule has 0 bridgehead atoms. The molecule has 0 aliphatic heterocycles. The van der Waals surface area contributed by atoms with E-state index in [4.69, 9.17) is 9.97 Å². The average Bonchev–Trinajstić information content (AvgIpc) is 3.42. The normalized spacial score (nSPS) is 12.6. The van der Waals surface area contributed by atoms with Crippen LogP contribution in [0.25, 0.3) is 78.1 Å². The first-order chi connectivity index (χ1) is 25.0. The first-order valence-corrected chi connectivity index (χ1v) is 17.1. The molecule has 0 unspecified atom stereocenters. The molecule has 0 saturated carbocycles. The number of aromatic nitrogens is 3. The van der Waals surface area contributed by atoms with Gasteiger partial charge in [0.1, 0.15) is 0 Å². The molecule has 4 nitrogen and oxygen atoms in total. The second-order valence-corrected chi connectivity index (χ2v) is 13.7. The summed E-state index contributed by atoms with van der Waals surface area (Å²) in [5.41, 5.74) is 14.5. The SMILES string of the molecule is CC1(C)c2cc(C#N)ccc2-c2ccc(-c3cc(-c4cc(-c5ccccc5)nc(-c5ccccc5)n4)cc(-c4cccc5cnccc45)c3)cc21. The quantitative estimate of drug-likeness (QED) is 0.186. The molecule has 0 atom stereocenters. The molecule has 2 aromatic heterocycles. The molecule has 1 aliphatic rings. The average molecular weight is 653 g/mol. The third-order valence-electron chi connectivity index (χ3n) is 10.2. The highest BCUT2D eigenvalue weighted by molar-refractivity contribution is 5.98. The van der Waals surface area contributed by atoms with E-state index in [1.54, 1.807) is 0 Å². The maximum atomic E-state index is 9.66. The summed E-state index contributed by atoms with van der Waals surface area (Å²) in [6, 6.07) is 53.1. The van der Waals surface area contributed by atoms with Crippen LogP contribution >= 0.6 is 0 Å². The molecule has 4 heteroatoms. The number of hydrogen-bond acceptors (Lipinski definition) is 4. The number of pyridine rings is 1. The molecule has 0 spiro atoms. The van der Waals surface area contributed by atoms with Crippen molar-refractivity contribution in [1.82, 2.24) is 15.0 Å². The smallest absolute Gasteiger partial charge is 0.160 e. The summed E-state index contributed by atoms with van der Waals surface area (Å²) in [5, 5.41) is 11.9. The van der Waals surface area contributed by atoms with Gasteiger partial charge in [0, 0.05) is 39.9 Å². The van der Waals surface area contributed by atoms with Crippen LogP contribution in [0.1, 0.15) is 30.5 Å². The Labute approximate surface area is 297 Å². The molecule has 0 radical (unpaired) electrons. The van der Waals surface area contributed by atoms with Gasteiger partial charge in [0.05, 0.1) is 23.0 Å². The molecule has 0 N–H and O–H groups in total. The summed E-state index contributed by atoms with van der Waals surface area (Å²) in [6.45, 7) is 4.51. The van der Waals surface area contributed by atoms with Crippen LogP contribution in [-0.4, -0.2) is 15.0 Å². The number of rotatable bonds is 5. The lowest BCUT2D eigenvalue weighted by Gasteiger charge is -2.22. The van der Waals surface area contributed by atoms with Crippen LogP contribution < -0.4 is 0 Å². The fraction of sp³-hybridized carbons (Fsp3) is 0.0638. The fourth-order valence-corrected chi connectivity index (χ4v) is 7.53. The predicted molar refractivity (Wildman–Crippen MR) is 207 cm³/mol.